The summed E-state index contributed by atoms with van der Waals surface area (Å²) in [5.74, 6) is -0.0558. The Labute approximate surface area is 98.4 Å². The number of rotatable bonds is 3. The van der Waals surface area contributed by atoms with Gasteiger partial charge in [0, 0.05) is 12.4 Å². The molecule has 1 atom stereocenters. The van der Waals surface area contributed by atoms with Crippen LogP contribution in [0.5, 0.6) is 0 Å². The van der Waals surface area contributed by atoms with Crippen LogP contribution in [0.3, 0.4) is 0 Å². The first kappa shape index (κ1) is 10.3. The van der Waals surface area contributed by atoms with Crippen LogP contribution in [0.25, 0.3) is 10.9 Å². The third-order valence-electron chi connectivity index (χ3n) is 2.89. The standard InChI is InChI=1S/C12H13N3O2/c1-15-10-5-3-2-4-8(10)9(14-15)6-13-12(16)11-7-17-11/h2-5,11H,6-7H2,1H3,(H,13,16). The van der Waals surface area contributed by atoms with Gasteiger partial charge in [-0.05, 0) is 6.07 Å². The molecule has 0 bridgehead atoms. The first-order chi connectivity index (χ1) is 8.25. The summed E-state index contributed by atoms with van der Waals surface area (Å²) in [4.78, 5) is 11.5. The Morgan fingerprint density at radius 2 is 2.35 bits per heavy atom. The molecule has 0 spiro atoms. The minimum atomic E-state index is -0.245. The minimum absolute atomic E-state index is 0.0558. The quantitative estimate of drug-likeness (QED) is 0.786. The van der Waals surface area contributed by atoms with Crippen molar-refractivity contribution in [1.29, 1.82) is 0 Å². The minimum Gasteiger partial charge on any atom is -0.363 e. The molecule has 5 heteroatoms. The lowest BCUT2D eigenvalue weighted by molar-refractivity contribution is -0.122. The highest BCUT2D eigenvalue weighted by Crippen LogP contribution is 2.17. The van der Waals surface area contributed by atoms with Crippen LogP contribution in [0, 0.1) is 0 Å². The van der Waals surface area contributed by atoms with Crippen LogP contribution in [0.1, 0.15) is 5.69 Å². The molecular formula is C12H13N3O2. The van der Waals surface area contributed by atoms with Crippen LogP contribution in [0.15, 0.2) is 24.3 Å². The summed E-state index contributed by atoms with van der Waals surface area (Å²) >= 11 is 0. The molecule has 3 rings (SSSR count). The van der Waals surface area contributed by atoms with Gasteiger partial charge in [0.1, 0.15) is 0 Å². The molecule has 0 aliphatic carbocycles. The smallest absolute Gasteiger partial charge is 0.251 e. The molecule has 0 saturated carbocycles. The Hall–Kier alpha value is -1.88. The van der Waals surface area contributed by atoms with Crippen LogP contribution in [0.2, 0.25) is 0 Å². The molecule has 1 fully saturated rings. The molecule has 2 aromatic rings. The fourth-order valence-corrected chi connectivity index (χ4v) is 1.90. The number of aryl methyl sites for hydroxylation is 1. The Kier molecular flexibility index (Phi) is 2.33. The van der Waals surface area contributed by atoms with Gasteiger partial charge in [0.15, 0.2) is 6.10 Å². The molecule has 1 aromatic heterocycles. The van der Waals surface area contributed by atoms with Crippen molar-refractivity contribution in [2.75, 3.05) is 6.61 Å². The van der Waals surface area contributed by atoms with Gasteiger partial charge in [-0.2, -0.15) is 5.10 Å². The SMILES string of the molecule is Cn1nc(CNC(=O)C2CO2)c2ccccc21. The number of nitrogens with one attached hydrogen (secondary N) is 1. The normalized spacial score (nSPS) is 18.3. The Bertz CT molecular complexity index is 572. The van der Waals surface area contributed by atoms with E-state index < -0.39 is 0 Å². The molecule has 2 heterocycles. The summed E-state index contributed by atoms with van der Waals surface area (Å²) in [6.07, 6.45) is -0.245. The maximum absolute atomic E-state index is 11.5. The maximum Gasteiger partial charge on any atom is 0.251 e. The van der Waals surface area contributed by atoms with Crippen molar-refractivity contribution in [2.45, 2.75) is 12.6 Å². The maximum atomic E-state index is 11.5. The molecular weight excluding hydrogens is 218 g/mol. The van der Waals surface area contributed by atoms with Crippen LogP contribution in [-0.4, -0.2) is 28.4 Å². The summed E-state index contributed by atoms with van der Waals surface area (Å²) in [7, 11) is 1.90. The van der Waals surface area contributed by atoms with Crippen LogP contribution >= 0.6 is 0 Å². The van der Waals surface area contributed by atoms with Gasteiger partial charge in [0.05, 0.1) is 24.4 Å². The lowest BCUT2D eigenvalue weighted by Gasteiger charge is -2.00. The van der Waals surface area contributed by atoms with Gasteiger partial charge in [0.2, 0.25) is 0 Å². The van der Waals surface area contributed by atoms with Crippen molar-refractivity contribution in [3.63, 3.8) is 0 Å². The van der Waals surface area contributed by atoms with Crippen LogP contribution in [-0.2, 0) is 23.1 Å². The van der Waals surface area contributed by atoms with Crippen molar-refractivity contribution < 1.29 is 9.53 Å². The number of hydrogen-bond donors (Lipinski definition) is 1. The third-order valence-corrected chi connectivity index (χ3v) is 2.89. The van der Waals surface area contributed by atoms with Gasteiger partial charge in [-0.1, -0.05) is 18.2 Å². The number of amides is 1. The van der Waals surface area contributed by atoms with Crippen molar-refractivity contribution >= 4 is 16.8 Å². The summed E-state index contributed by atoms with van der Waals surface area (Å²) in [5, 5.41) is 8.31. The number of carbonyl (C=O) groups is 1. The highest BCUT2D eigenvalue weighted by molar-refractivity contribution is 5.84. The number of fused-ring (bicyclic) bond motifs is 1. The fourth-order valence-electron chi connectivity index (χ4n) is 1.90. The molecule has 1 unspecified atom stereocenters. The number of carbonyl (C=O) groups excluding carboxylic acids is 1. The topological polar surface area (TPSA) is 59.5 Å². The molecule has 1 aliphatic rings. The monoisotopic (exact) mass is 231 g/mol. The van der Waals surface area contributed by atoms with Crippen LogP contribution < -0.4 is 5.32 Å². The van der Waals surface area contributed by atoms with Crippen molar-refractivity contribution in [1.82, 2.24) is 15.1 Å². The molecule has 17 heavy (non-hydrogen) atoms. The second-order valence-corrected chi connectivity index (χ2v) is 4.13. The van der Waals surface area contributed by atoms with E-state index in [1.54, 1.807) is 0 Å². The lowest BCUT2D eigenvalue weighted by Crippen LogP contribution is -2.27. The van der Waals surface area contributed by atoms with E-state index >= 15 is 0 Å². The van der Waals surface area contributed by atoms with Gasteiger partial charge < -0.3 is 10.1 Å². The van der Waals surface area contributed by atoms with Crippen molar-refractivity contribution in [2.24, 2.45) is 7.05 Å². The molecule has 1 aromatic carbocycles. The van der Waals surface area contributed by atoms with Crippen LogP contribution in [0.4, 0.5) is 0 Å². The number of hydrogen-bond acceptors (Lipinski definition) is 3. The number of aromatic nitrogens is 2. The second-order valence-electron chi connectivity index (χ2n) is 4.13. The molecule has 1 saturated heterocycles. The Balaban J connectivity index is 1.82. The van der Waals surface area contributed by atoms with E-state index in [9.17, 15) is 4.79 Å². The van der Waals surface area contributed by atoms with E-state index in [1.807, 2.05) is 36.0 Å². The average Bonchev–Trinajstić information content (AvgIpc) is 3.14. The molecule has 1 N–H and O–H groups in total. The lowest BCUT2D eigenvalue weighted by atomic mass is 10.2. The summed E-state index contributed by atoms with van der Waals surface area (Å²) in [5.41, 5.74) is 1.96. The van der Waals surface area contributed by atoms with Gasteiger partial charge >= 0.3 is 0 Å². The molecule has 1 aliphatic heterocycles. The predicted molar refractivity (Wildman–Crippen MR) is 62.3 cm³/mol. The largest absolute Gasteiger partial charge is 0.363 e. The van der Waals surface area contributed by atoms with E-state index in [2.05, 4.69) is 10.4 Å². The molecule has 1 amide bonds. The molecule has 0 radical (unpaired) electrons. The number of benzene rings is 1. The highest BCUT2D eigenvalue weighted by atomic mass is 16.6. The average molecular weight is 231 g/mol. The van der Waals surface area contributed by atoms with E-state index in [4.69, 9.17) is 4.74 Å². The fraction of sp³-hybridized carbons (Fsp3) is 0.333. The van der Waals surface area contributed by atoms with Crippen molar-refractivity contribution in [3.8, 4) is 0 Å². The van der Waals surface area contributed by atoms with E-state index in [0.29, 0.717) is 13.2 Å². The van der Waals surface area contributed by atoms with E-state index in [-0.39, 0.29) is 12.0 Å². The first-order valence-electron chi connectivity index (χ1n) is 5.55. The number of epoxide rings is 1. The van der Waals surface area contributed by atoms with Gasteiger partial charge in [-0.3, -0.25) is 9.48 Å². The zero-order valence-electron chi connectivity index (χ0n) is 9.51. The molecule has 88 valence electrons. The molecule has 5 nitrogen and oxygen atoms in total. The summed E-state index contributed by atoms with van der Waals surface area (Å²) in [6, 6.07) is 7.97. The van der Waals surface area contributed by atoms with Gasteiger partial charge in [0.25, 0.3) is 5.91 Å². The van der Waals surface area contributed by atoms with Gasteiger partial charge in [-0.25, -0.2) is 0 Å². The van der Waals surface area contributed by atoms with E-state index in [0.717, 1.165) is 16.6 Å². The summed E-state index contributed by atoms with van der Waals surface area (Å²) < 4.78 is 6.74. The number of para-hydroxylation sites is 1. The van der Waals surface area contributed by atoms with E-state index in [1.165, 1.54) is 0 Å². The zero-order valence-corrected chi connectivity index (χ0v) is 9.51. The first-order valence-corrected chi connectivity index (χ1v) is 5.55. The Morgan fingerprint density at radius 1 is 1.59 bits per heavy atom. The summed E-state index contributed by atoms with van der Waals surface area (Å²) in [6.45, 7) is 0.981. The predicted octanol–water partition coefficient (Wildman–Crippen LogP) is 0.588. The number of ether oxygens (including phenoxy) is 1. The van der Waals surface area contributed by atoms with Gasteiger partial charge in [-0.15, -0.1) is 0 Å². The Morgan fingerprint density at radius 3 is 3.12 bits per heavy atom. The number of nitrogens with zero attached hydrogens (tertiary/aromatic N) is 2. The second kappa shape index (κ2) is 3.85. The zero-order chi connectivity index (χ0) is 11.8. The van der Waals surface area contributed by atoms with Crippen molar-refractivity contribution in [3.05, 3.63) is 30.0 Å². The third kappa shape index (κ3) is 1.89. The highest BCUT2D eigenvalue weighted by Gasteiger charge is 2.31.